The minimum absolute atomic E-state index is 0.0406. The van der Waals surface area contributed by atoms with E-state index in [-0.39, 0.29) is 17.1 Å². The average molecular weight is 312 g/mol. The SMILES string of the molecule is Nc1ccc(F)cc1NC(=O)CSc1ccc(F)c(F)c1. The predicted molar refractivity (Wildman–Crippen MR) is 76.5 cm³/mol. The molecule has 0 aliphatic rings. The first-order valence-corrected chi connectivity index (χ1v) is 6.87. The Bertz CT molecular complexity index is 679. The molecule has 2 rings (SSSR count). The molecule has 0 aliphatic heterocycles. The van der Waals surface area contributed by atoms with Crippen molar-refractivity contribution in [2.45, 2.75) is 4.90 Å². The van der Waals surface area contributed by atoms with Crippen LogP contribution in [0.1, 0.15) is 0 Å². The van der Waals surface area contributed by atoms with Gasteiger partial charge in [0.1, 0.15) is 5.82 Å². The van der Waals surface area contributed by atoms with E-state index in [0.717, 1.165) is 30.0 Å². The molecular formula is C14H11F3N2OS. The summed E-state index contributed by atoms with van der Waals surface area (Å²) in [7, 11) is 0. The second-order valence-corrected chi connectivity index (χ2v) is 5.19. The van der Waals surface area contributed by atoms with Crippen LogP contribution in [0.2, 0.25) is 0 Å². The summed E-state index contributed by atoms with van der Waals surface area (Å²) in [5.74, 6) is -2.91. The molecular weight excluding hydrogens is 301 g/mol. The summed E-state index contributed by atoms with van der Waals surface area (Å²) in [4.78, 5) is 12.1. The monoisotopic (exact) mass is 312 g/mol. The maximum atomic E-state index is 13.0. The van der Waals surface area contributed by atoms with E-state index in [1.165, 1.54) is 18.2 Å². The van der Waals surface area contributed by atoms with Crippen LogP contribution in [-0.4, -0.2) is 11.7 Å². The fraction of sp³-hybridized carbons (Fsp3) is 0.0714. The highest BCUT2D eigenvalue weighted by Crippen LogP contribution is 2.22. The molecule has 3 N–H and O–H groups in total. The van der Waals surface area contributed by atoms with Crippen LogP contribution >= 0.6 is 11.8 Å². The molecule has 2 aromatic rings. The van der Waals surface area contributed by atoms with Gasteiger partial charge in [0.25, 0.3) is 0 Å². The Balaban J connectivity index is 1.95. The number of carbonyl (C=O) groups excluding carboxylic acids is 1. The second kappa shape index (κ2) is 6.53. The van der Waals surface area contributed by atoms with Crippen molar-refractivity contribution in [3.05, 3.63) is 53.8 Å². The van der Waals surface area contributed by atoms with Gasteiger partial charge in [-0.2, -0.15) is 0 Å². The molecule has 0 atom stereocenters. The van der Waals surface area contributed by atoms with Crippen LogP contribution < -0.4 is 11.1 Å². The number of anilines is 2. The number of thioether (sulfide) groups is 1. The van der Waals surface area contributed by atoms with Gasteiger partial charge in [-0.3, -0.25) is 4.79 Å². The van der Waals surface area contributed by atoms with Crippen molar-refractivity contribution in [3.8, 4) is 0 Å². The van der Waals surface area contributed by atoms with Crippen molar-refractivity contribution in [2.24, 2.45) is 0 Å². The van der Waals surface area contributed by atoms with E-state index in [2.05, 4.69) is 5.32 Å². The number of rotatable bonds is 4. The molecule has 7 heteroatoms. The molecule has 0 radical (unpaired) electrons. The fourth-order valence-corrected chi connectivity index (χ4v) is 2.26. The number of carbonyl (C=O) groups is 1. The molecule has 2 aromatic carbocycles. The van der Waals surface area contributed by atoms with Gasteiger partial charge in [0, 0.05) is 4.90 Å². The van der Waals surface area contributed by atoms with Crippen LogP contribution in [0.3, 0.4) is 0 Å². The summed E-state index contributed by atoms with van der Waals surface area (Å²) in [5, 5.41) is 2.45. The lowest BCUT2D eigenvalue weighted by molar-refractivity contribution is -0.113. The third-order valence-electron chi connectivity index (χ3n) is 2.55. The molecule has 0 heterocycles. The molecule has 110 valence electrons. The zero-order chi connectivity index (χ0) is 15.4. The minimum Gasteiger partial charge on any atom is -0.397 e. The van der Waals surface area contributed by atoms with Gasteiger partial charge in [0.2, 0.25) is 5.91 Å². The summed E-state index contributed by atoms with van der Waals surface area (Å²) in [6.07, 6.45) is 0. The molecule has 0 unspecified atom stereocenters. The summed E-state index contributed by atoms with van der Waals surface area (Å²) in [6.45, 7) is 0. The van der Waals surface area contributed by atoms with E-state index in [1.807, 2.05) is 0 Å². The maximum Gasteiger partial charge on any atom is 0.234 e. The number of amides is 1. The van der Waals surface area contributed by atoms with Gasteiger partial charge in [-0.1, -0.05) is 0 Å². The maximum absolute atomic E-state index is 13.0. The van der Waals surface area contributed by atoms with Gasteiger partial charge in [-0.05, 0) is 36.4 Å². The molecule has 0 aliphatic carbocycles. The number of nitrogens with one attached hydrogen (secondary N) is 1. The lowest BCUT2D eigenvalue weighted by atomic mass is 10.2. The number of nitrogens with two attached hydrogens (primary N) is 1. The van der Waals surface area contributed by atoms with Gasteiger partial charge in [-0.25, -0.2) is 13.2 Å². The van der Waals surface area contributed by atoms with Gasteiger partial charge < -0.3 is 11.1 Å². The predicted octanol–water partition coefficient (Wildman–Crippen LogP) is 3.42. The Hall–Kier alpha value is -2.15. The molecule has 3 nitrogen and oxygen atoms in total. The third kappa shape index (κ3) is 4.16. The van der Waals surface area contributed by atoms with Crippen LogP contribution in [0.5, 0.6) is 0 Å². The van der Waals surface area contributed by atoms with Crippen LogP contribution in [-0.2, 0) is 4.79 Å². The topological polar surface area (TPSA) is 55.1 Å². The summed E-state index contributed by atoms with van der Waals surface area (Å²) >= 11 is 1.03. The van der Waals surface area contributed by atoms with E-state index < -0.39 is 23.4 Å². The van der Waals surface area contributed by atoms with Crippen molar-refractivity contribution < 1.29 is 18.0 Å². The van der Waals surface area contributed by atoms with Crippen LogP contribution in [0.15, 0.2) is 41.3 Å². The molecule has 21 heavy (non-hydrogen) atoms. The summed E-state index contributed by atoms with van der Waals surface area (Å²) in [5.41, 5.74) is 6.01. The molecule has 1 amide bonds. The normalized spacial score (nSPS) is 10.4. The largest absolute Gasteiger partial charge is 0.397 e. The van der Waals surface area contributed by atoms with Crippen LogP contribution in [0.25, 0.3) is 0 Å². The molecule has 0 fully saturated rings. The van der Waals surface area contributed by atoms with Crippen LogP contribution in [0, 0.1) is 17.5 Å². The molecule has 0 bridgehead atoms. The smallest absolute Gasteiger partial charge is 0.234 e. The van der Waals surface area contributed by atoms with Crippen LogP contribution in [0.4, 0.5) is 24.5 Å². The number of halogens is 3. The van der Waals surface area contributed by atoms with Crippen molar-refractivity contribution in [1.82, 2.24) is 0 Å². The minimum atomic E-state index is -0.977. The van der Waals surface area contributed by atoms with Crippen molar-refractivity contribution >= 4 is 29.0 Å². The van der Waals surface area contributed by atoms with Gasteiger partial charge >= 0.3 is 0 Å². The standard InChI is InChI=1S/C14H11F3N2OS/c15-8-1-4-12(18)13(5-8)19-14(20)7-21-9-2-3-10(16)11(17)6-9/h1-6H,7,18H2,(H,19,20). The van der Waals surface area contributed by atoms with Gasteiger partial charge in [0.05, 0.1) is 17.1 Å². The Morgan fingerprint density at radius 1 is 1.10 bits per heavy atom. The first-order chi connectivity index (χ1) is 9.95. The summed E-state index contributed by atoms with van der Waals surface area (Å²) in [6, 6.07) is 6.99. The molecule has 0 saturated heterocycles. The van der Waals surface area contributed by atoms with E-state index in [1.54, 1.807) is 0 Å². The highest BCUT2D eigenvalue weighted by atomic mass is 32.2. The number of nitrogen functional groups attached to an aromatic ring is 1. The zero-order valence-electron chi connectivity index (χ0n) is 10.7. The molecule has 0 aromatic heterocycles. The lowest BCUT2D eigenvalue weighted by Gasteiger charge is -2.08. The first-order valence-electron chi connectivity index (χ1n) is 5.88. The van der Waals surface area contributed by atoms with E-state index in [4.69, 9.17) is 5.73 Å². The van der Waals surface area contributed by atoms with Crippen molar-refractivity contribution in [3.63, 3.8) is 0 Å². The van der Waals surface area contributed by atoms with Gasteiger partial charge in [-0.15, -0.1) is 11.8 Å². The van der Waals surface area contributed by atoms with Crippen molar-refractivity contribution in [1.29, 1.82) is 0 Å². The van der Waals surface area contributed by atoms with Crippen molar-refractivity contribution in [2.75, 3.05) is 16.8 Å². The molecule has 0 spiro atoms. The summed E-state index contributed by atoms with van der Waals surface area (Å²) < 4.78 is 38.8. The Morgan fingerprint density at radius 2 is 1.86 bits per heavy atom. The highest BCUT2D eigenvalue weighted by molar-refractivity contribution is 8.00. The van der Waals surface area contributed by atoms with E-state index in [9.17, 15) is 18.0 Å². The highest BCUT2D eigenvalue weighted by Gasteiger charge is 2.09. The Kier molecular flexibility index (Phi) is 4.74. The number of hydrogen-bond acceptors (Lipinski definition) is 3. The molecule has 0 saturated carbocycles. The van der Waals surface area contributed by atoms with E-state index in [0.29, 0.717) is 4.90 Å². The second-order valence-electron chi connectivity index (χ2n) is 4.14. The van der Waals surface area contributed by atoms with E-state index >= 15 is 0 Å². The fourth-order valence-electron chi connectivity index (χ4n) is 1.54. The first kappa shape index (κ1) is 15.2. The average Bonchev–Trinajstić information content (AvgIpc) is 2.44. The Morgan fingerprint density at radius 3 is 2.57 bits per heavy atom. The number of hydrogen-bond donors (Lipinski definition) is 2. The number of benzene rings is 2. The van der Waals surface area contributed by atoms with Gasteiger partial charge in [0.15, 0.2) is 11.6 Å². The lowest BCUT2D eigenvalue weighted by Crippen LogP contribution is -2.15. The zero-order valence-corrected chi connectivity index (χ0v) is 11.5. The third-order valence-corrected chi connectivity index (χ3v) is 3.54. The Labute approximate surface area is 123 Å². The quantitative estimate of drug-likeness (QED) is 0.672.